The predicted octanol–water partition coefficient (Wildman–Crippen LogP) is 4.02. The fraction of sp³-hybridized carbons (Fsp3) is 0.0625. The van der Waals surface area contributed by atoms with Crippen LogP contribution in [0.25, 0.3) is 16.4 Å². The number of anilines is 1. The average Bonchev–Trinajstić information content (AvgIpc) is 3.36. The third-order valence-electron chi connectivity index (χ3n) is 3.31. The second-order valence-electron chi connectivity index (χ2n) is 4.81. The normalized spacial score (nSPS) is 10.3. The van der Waals surface area contributed by atoms with Crippen molar-refractivity contribution in [2.75, 3.05) is 5.32 Å². The molecule has 4 aromatic rings. The van der Waals surface area contributed by atoms with Crippen molar-refractivity contribution in [1.29, 1.82) is 0 Å². The third kappa shape index (κ3) is 3.32. The van der Waals surface area contributed by atoms with Crippen molar-refractivity contribution >= 4 is 29.6 Å². The molecule has 0 saturated carbocycles. The lowest BCUT2D eigenvalue weighted by Gasteiger charge is -2.10. The summed E-state index contributed by atoms with van der Waals surface area (Å²) in [5.41, 5.74) is 0.968. The van der Waals surface area contributed by atoms with Crippen LogP contribution in [0.2, 0.25) is 0 Å². The molecule has 122 valence electrons. The molecule has 0 radical (unpaired) electrons. The van der Waals surface area contributed by atoms with Gasteiger partial charge < -0.3 is 9.73 Å². The number of imidazole rings is 1. The maximum Gasteiger partial charge on any atom is 0.236 e. The second-order valence-corrected chi connectivity index (χ2v) is 5.76. The van der Waals surface area contributed by atoms with E-state index in [-0.39, 0.29) is 12.4 Å². The van der Waals surface area contributed by atoms with E-state index >= 15 is 0 Å². The summed E-state index contributed by atoms with van der Waals surface area (Å²) < 4.78 is 7.14. The quantitative estimate of drug-likeness (QED) is 0.583. The van der Waals surface area contributed by atoms with Gasteiger partial charge in [-0.15, -0.1) is 23.7 Å². The molecule has 0 amide bonds. The molecule has 0 bridgehead atoms. The first-order valence-corrected chi connectivity index (χ1v) is 7.93. The number of hydrogen-bond donors (Lipinski definition) is 1. The topological polar surface area (TPSA) is 68.8 Å². The van der Waals surface area contributed by atoms with Crippen LogP contribution in [0, 0.1) is 0 Å². The van der Waals surface area contributed by atoms with Crippen molar-refractivity contribution in [3.63, 3.8) is 0 Å². The van der Waals surface area contributed by atoms with E-state index in [2.05, 4.69) is 26.3 Å². The molecule has 0 unspecified atom stereocenters. The molecule has 0 saturated heterocycles. The van der Waals surface area contributed by atoms with Crippen molar-refractivity contribution in [3.8, 4) is 16.4 Å². The number of furan rings is 1. The summed E-state index contributed by atoms with van der Waals surface area (Å²) >= 11 is 1.65. The molecule has 4 rings (SSSR count). The number of aromatic nitrogens is 4. The Balaban J connectivity index is 0.00000169. The van der Waals surface area contributed by atoms with Gasteiger partial charge in [0.25, 0.3) is 0 Å². The third-order valence-corrected chi connectivity index (χ3v) is 4.21. The smallest absolute Gasteiger partial charge is 0.236 e. The predicted molar refractivity (Wildman–Crippen MR) is 95.7 cm³/mol. The molecule has 0 aliphatic rings. The molecule has 4 heterocycles. The van der Waals surface area contributed by atoms with E-state index in [0.717, 1.165) is 22.0 Å². The number of nitrogens with one attached hydrogen (secondary N) is 1. The Labute approximate surface area is 148 Å². The fourth-order valence-corrected chi connectivity index (χ4v) is 2.94. The molecule has 8 heteroatoms. The van der Waals surface area contributed by atoms with Gasteiger partial charge in [-0.3, -0.25) is 4.57 Å². The van der Waals surface area contributed by atoms with Crippen LogP contribution in [0.5, 0.6) is 0 Å². The minimum absolute atomic E-state index is 0. The Morgan fingerprint density at radius 3 is 2.92 bits per heavy atom. The van der Waals surface area contributed by atoms with Crippen molar-refractivity contribution in [3.05, 3.63) is 66.6 Å². The van der Waals surface area contributed by atoms with Crippen LogP contribution in [0.3, 0.4) is 0 Å². The number of hydrogen-bond acceptors (Lipinski definition) is 6. The largest absolute Gasteiger partial charge is 0.467 e. The van der Waals surface area contributed by atoms with Gasteiger partial charge in [-0.05, 0) is 23.6 Å². The molecule has 0 aromatic carbocycles. The summed E-state index contributed by atoms with van der Waals surface area (Å²) in [4.78, 5) is 14.2. The Kier molecular flexibility index (Phi) is 4.93. The van der Waals surface area contributed by atoms with Gasteiger partial charge in [-0.25, -0.2) is 9.97 Å². The summed E-state index contributed by atoms with van der Waals surface area (Å²) in [5, 5.41) is 5.37. The second kappa shape index (κ2) is 7.29. The van der Waals surface area contributed by atoms with Gasteiger partial charge in [0.1, 0.15) is 17.9 Å². The van der Waals surface area contributed by atoms with E-state index in [0.29, 0.717) is 12.5 Å². The number of nitrogens with zero attached hydrogens (tertiary/aromatic N) is 4. The lowest BCUT2D eigenvalue weighted by atomic mass is 10.2. The van der Waals surface area contributed by atoms with Gasteiger partial charge in [0.05, 0.1) is 18.4 Å². The molecule has 0 spiro atoms. The van der Waals surface area contributed by atoms with E-state index in [1.807, 2.05) is 36.0 Å². The number of rotatable bonds is 5. The number of halogens is 1. The first kappa shape index (κ1) is 16.2. The zero-order valence-corrected chi connectivity index (χ0v) is 14.1. The van der Waals surface area contributed by atoms with Crippen LogP contribution in [-0.2, 0) is 6.54 Å². The molecule has 6 nitrogen and oxygen atoms in total. The highest BCUT2D eigenvalue weighted by Crippen LogP contribution is 2.30. The zero-order valence-electron chi connectivity index (χ0n) is 12.5. The molecule has 0 aliphatic carbocycles. The van der Waals surface area contributed by atoms with E-state index in [1.165, 1.54) is 0 Å². The highest BCUT2D eigenvalue weighted by molar-refractivity contribution is 7.13. The van der Waals surface area contributed by atoms with Gasteiger partial charge >= 0.3 is 0 Å². The molecule has 0 fully saturated rings. The minimum atomic E-state index is 0. The maximum atomic E-state index is 5.37. The van der Waals surface area contributed by atoms with Crippen molar-refractivity contribution in [2.45, 2.75) is 6.54 Å². The van der Waals surface area contributed by atoms with E-state index in [9.17, 15) is 0 Å². The van der Waals surface area contributed by atoms with Crippen LogP contribution in [0.1, 0.15) is 5.76 Å². The lowest BCUT2D eigenvalue weighted by Crippen LogP contribution is -2.06. The Hall–Kier alpha value is -2.64. The van der Waals surface area contributed by atoms with Crippen LogP contribution < -0.4 is 5.32 Å². The van der Waals surface area contributed by atoms with Gasteiger partial charge in [-0.1, -0.05) is 6.07 Å². The SMILES string of the molecule is Cl.c1coc(CNc2nc(-n3ccnc3)ncc2-c2cccs2)c1. The summed E-state index contributed by atoms with van der Waals surface area (Å²) in [6.07, 6.45) is 8.69. The molecule has 0 atom stereocenters. The monoisotopic (exact) mass is 359 g/mol. The molecule has 4 aromatic heterocycles. The summed E-state index contributed by atoms with van der Waals surface area (Å²) in [6, 6.07) is 7.86. The van der Waals surface area contributed by atoms with E-state index in [1.54, 1.807) is 34.7 Å². The van der Waals surface area contributed by atoms with Gasteiger partial charge in [0.2, 0.25) is 5.95 Å². The van der Waals surface area contributed by atoms with Crippen LogP contribution in [-0.4, -0.2) is 19.5 Å². The van der Waals surface area contributed by atoms with E-state index in [4.69, 9.17) is 4.42 Å². The van der Waals surface area contributed by atoms with Gasteiger partial charge in [0, 0.05) is 23.5 Å². The summed E-state index contributed by atoms with van der Waals surface area (Å²) in [7, 11) is 0. The standard InChI is InChI=1S/C16H13N5OS.ClH/c1-3-12(22-7-1)9-18-15-13(14-4-2-8-23-14)10-19-16(20-15)21-6-5-17-11-21;/h1-8,10-11H,9H2,(H,18,19,20);1H. The number of thiophene rings is 1. The van der Waals surface area contributed by atoms with Gasteiger partial charge in [0.15, 0.2) is 0 Å². The average molecular weight is 360 g/mol. The van der Waals surface area contributed by atoms with Crippen molar-refractivity contribution < 1.29 is 4.42 Å². The van der Waals surface area contributed by atoms with E-state index < -0.39 is 0 Å². The molecular weight excluding hydrogens is 346 g/mol. The highest BCUT2D eigenvalue weighted by Gasteiger charge is 2.11. The zero-order chi connectivity index (χ0) is 15.5. The van der Waals surface area contributed by atoms with Crippen molar-refractivity contribution in [2.24, 2.45) is 0 Å². The van der Waals surface area contributed by atoms with Crippen molar-refractivity contribution in [1.82, 2.24) is 19.5 Å². The van der Waals surface area contributed by atoms with Gasteiger partial charge in [-0.2, -0.15) is 4.98 Å². The van der Waals surface area contributed by atoms with Crippen LogP contribution in [0.15, 0.2) is 65.2 Å². The molecular formula is C16H14ClN5OS. The first-order chi connectivity index (χ1) is 11.4. The molecule has 1 N–H and O–H groups in total. The molecule has 0 aliphatic heterocycles. The Bertz CT molecular complexity index is 876. The Morgan fingerprint density at radius 2 is 2.21 bits per heavy atom. The minimum Gasteiger partial charge on any atom is -0.467 e. The Morgan fingerprint density at radius 1 is 1.25 bits per heavy atom. The van der Waals surface area contributed by atoms with Crippen LogP contribution >= 0.6 is 23.7 Å². The van der Waals surface area contributed by atoms with Crippen LogP contribution in [0.4, 0.5) is 5.82 Å². The fourth-order valence-electron chi connectivity index (χ4n) is 2.21. The summed E-state index contributed by atoms with van der Waals surface area (Å²) in [6.45, 7) is 0.561. The first-order valence-electron chi connectivity index (χ1n) is 7.05. The molecule has 24 heavy (non-hydrogen) atoms. The highest BCUT2D eigenvalue weighted by atomic mass is 35.5. The lowest BCUT2D eigenvalue weighted by molar-refractivity contribution is 0.518. The summed E-state index contributed by atoms with van der Waals surface area (Å²) in [5.74, 6) is 2.19. The maximum absolute atomic E-state index is 5.37.